The lowest BCUT2D eigenvalue weighted by Crippen LogP contribution is -2.13. The molecule has 0 nitrogen and oxygen atoms in total. The zero-order chi connectivity index (χ0) is 16.8. The van der Waals surface area contributed by atoms with E-state index in [9.17, 15) is 0 Å². The Hall–Kier alpha value is -1.30. The zero-order valence-corrected chi connectivity index (χ0v) is 15.7. The molecule has 0 heteroatoms. The first-order chi connectivity index (χ1) is 11.8. The smallest absolute Gasteiger partial charge is 0.0162 e. The van der Waals surface area contributed by atoms with Gasteiger partial charge < -0.3 is 0 Å². The summed E-state index contributed by atoms with van der Waals surface area (Å²) in [5.41, 5.74) is 3.06. The van der Waals surface area contributed by atoms with E-state index in [1.807, 2.05) is 0 Å². The van der Waals surface area contributed by atoms with E-state index in [2.05, 4.69) is 50.2 Å². The molecule has 130 valence electrons. The van der Waals surface area contributed by atoms with Crippen molar-refractivity contribution in [1.82, 2.24) is 0 Å². The minimum atomic E-state index is 0.798. The van der Waals surface area contributed by atoms with Crippen molar-refractivity contribution in [2.24, 2.45) is 5.92 Å². The van der Waals surface area contributed by atoms with Crippen molar-refractivity contribution in [2.45, 2.75) is 84.0 Å². The summed E-state index contributed by atoms with van der Waals surface area (Å²) in [4.78, 5) is 0. The number of unbranched alkanes of at least 4 members (excludes halogenated alkanes) is 2. The van der Waals surface area contributed by atoms with E-state index in [4.69, 9.17) is 0 Å². The van der Waals surface area contributed by atoms with Crippen molar-refractivity contribution in [3.63, 3.8) is 0 Å². The molecule has 2 aromatic rings. The first-order valence-electron chi connectivity index (χ1n) is 10.3. The van der Waals surface area contributed by atoms with Crippen molar-refractivity contribution >= 4 is 10.8 Å². The average molecular weight is 323 g/mol. The SMILES string of the molecule is CCCCCC1CCC(c2ccc3cc(CCC)ccc3c2)CC1. The van der Waals surface area contributed by atoms with E-state index in [0.29, 0.717) is 0 Å². The van der Waals surface area contributed by atoms with E-state index in [1.165, 1.54) is 80.5 Å². The molecule has 0 aromatic heterocycles. The molecule has 0 aliphatic heterocycles. The predicted octanol–water partition coefficient (Wildman–Crippen LogP) is 7.65. The van der Waals surface area contributed by atoms with E-state index in [1.54, 1.807) is 5.56 Å². The monoisotopic (exact) mass is 322 g/mol. The van der Waals surface area contributed by atoms with Gasteiger partial charge in [0.05, 0.1) is 0 Å². The average Bonchev–Trinajstić information content (AvgIpc) is 2.62. The fraction of sp³-hybridized carbons (Fsp3) is 0.583. The molecule has 0 spiro atoms. The minimum Gasteiger partial charge on any atom is -0.0654 e. The molecular formula is C24H34. The minimum absolute atomic E-state index is 0.798. The molecule has 1 aliphatic rings. The van der Waals surface area contributed by atoms with Gasteiger partial charge in [0.25, 0.3) is 0 Å². The predicted molar refractivity (Wildman–Crippen MR) is 107 cm³/mol. The van der Waals surface area contributed by atoms with Gasteiger partial charge in [-0.1, -0.05) is 82.3 Å². The second-order valence-electron chi connectivity index (χ2n) is 7.90. The van der Waals surface area contributed by atoms with Gasteiger partial charge >= 0.3 is 0 Å². The highest BCUT2D eigenvalue weighted by atomic mass is 14.3. The van der Waals surface area contributed by atoms with Gasteiger partial charge in [-0.25, -0.2) is 0 Å². The largest absolute Gasteiger partial charge is 0.0654 e. The molecule has 24 heavy (non-hydrogen) atoms. The van der Waals surface area contributed by atoms with E-state index >= 15 is 0 Å². The molecule has 0 heterocycles. The number of hydrogen-bond donors (Lipinski definition) is 0. The summed E-state index contributed by atoms with van der Waals surface area (Å²) in [6.45, 7) is 4.56. The third kappa shape index (κ3) is 4.41. The van der Waals surface area contributed by atoms with E-state index in [0.717, 1.165) is 11.8 Å². The Morgan fingerprint density at radius 3 is 2.29 bits per heavy atom. The summed E-state index contributed by atoms with van der Waals surface area (Å²) in [6.07, 6.45) is 13.8. The number of benzene rings is 2. The maximum absolute atomic E-state index is 2.47. The molecule has 1 saturated carbocycles. The lowest BCUT2D eigenvalue weighted by atomic mass is 9.77. The fourth-order valence-electron chi connectivity index (χ4n) is 4.48. The van der Waals surface area contributed by atoms with Crippen molar-refractivity contribution in [2.75, 3.05) is 0 Å². The summed E-state index contributed by atoms with van der Waals surface area (Å²) >= 11 is 0. The second kappa shape index (κ2) is 8.70. The maximum Gasteiger partial charge on any atom is -0.0162 e. The molecule has 2 aromatic carbocycles. The standard InChI is InChI=1S/C24H34/c1-3-5-6-8-19-9-12-21(13-10-19)23-16-15-22-17-20(7-4-2)11-14-24(22)18-23/h11,14-19,21H,3-10,12-13H2,1-2H3. The van der Waals surface area contributed by atoms with Gasteiger partial charge in [-0.3, -0.25) is 0 Å². The number of rotatable bonds is 7. The van der Waals surface area contributed by atoms with Gasteiger partial charge in [0.2, 0.25) is 0 Å². The Labute approximate surface area is 148 Å². The summed E-state index contributed by atoms with van der Waals surface area (Å²) in [5.74, 6) is 1.80. The maximum atomic E-state index is 2.47. The van der Waals surface area contributed by atoms with Gasteiger partial charge in [0.1, 0.15) is 0 Å². The van der Waals surface area contributed by atoms with Crippen LogP contribution in [-0.4, -0.2) is 0 Å². The number of hydrogen-bond acceptors (Lipinski definition) is 0. The molecule has 0 bridgehead atoms. The first-order valence-corrected chi connectivity index (χ1v) is 10.3. The Morgan fingerprint density at radius 1 is 0.792 bits per heavy atom. The van der Waals surface area contributed by atoms with Gasteiger partial charge in [0, 0.05) is 0 Å². The van der Waals surface area contributed by atoms with Crippen LogP contribution in [-0.2, 0) is 6.42 Å². The molecule has 3 rings (SSSR count). The molecule has 0 unspecified atom stereocenters. The van der Waals surface area contributed by atoms with Crippen molar-refractivity contribution in [3.8, 4) is 0 Å². The Morgan fingerprint density at radius 2 is 1.54 bits per heavy atom. The molecule has 0 amide bonds. The molecule has 0 radical (unpaired) electrons. The van der Waals surface area contributed by atoms with E-state index < -0.39 is 0 Å². The molecule has 0 saturated heterocycles. The third-order valence-electron chi connectivity index (χ3n) is 6.00. The zero-order valence-electron chi connectivity index (χ0n) is 15.7. The van der Waals surface area contributed by atoms with Crippen molar-refractivity contribution in [1.29, 1.82) is 0 Å². The van der Waals surface area contributed by atoms with Crippen LogP contribution in [0.15, 0.2) is 36.4 Å². The molecule has 0 atom stereocenters. The van der Waals surface area contributed by atoms with Crippen LogP contribution < -0.4 is 0 Å². The van der Waals surface area contributed by atoms with Gasteiger partial charge in [0.15, 0.2) is 0 Å². The Balaban J connectivity index is 1.62. The highest BCUT2D eigenvalue weighted by Crippen LogP contribution is 2.38. The normalized spacial score (nSPS) is 21.2. The summed E-state index contributed by atoms with van der Waals surface area (Å²) in [6, 6.07) is 14.3. The Kier molecular flexibility index (Phi) is 6.35. The number of aryl methyl sites for hydroxylation is 1. The summed E-state index contributed by atoms with van der Waals surface area (Å²) in [5, 5.41) is 2.84. The number of fused-ring (bicyclic) bond motifs is 1. The van der Waals surface area contributed by atoms with Crippen LogP contribution in [0.4, 0.5) is 0 Å². The molecule has 1 fully saturated rings. The Bertz CT molecular complexity index is 632. The second-order valence-corrected chi connectivity index (χ2v) is 7.90. The summed E-state index contributed by atoms with van der Waals surface area (Å²) in [7, 11) is 0. The van der Waals surface area contributed by atoms with Crippen LogP contribution >= 0.6 is 0 Å². The molecule has 1 aliphatic carbocycles. The van der Waals surface area contributed by atoms with Crippen LogP contribution in [0.1, 0.15) is 88.7 Å². The van der Waals surface area contributed by atoms with Crippen molar-refractivity contribution < 1.29 is 0 Å². The van der Waals surface area contributed by atoms with E-state index in [-0.39, 0.29) is 0 Å². The fourth-order valence-corrected chi connectivity index (χ4v) is 4.48. The third-order valence-corrected chi connectivity index (χ3v) is 6.00. The van der Waals surface area contributed by atoms with Gasteiger partial charge in [-0.05, 0) is 65.8 Å². The van der Waals surface area contributed by atoms with Gasteiger partial charge in [-0.2, -0.15) is 0 Å². The van der Waals surface area contributed by atoms with Crippen LogP contribution in [0.2, 0.25) is 0 Å². The van der Waals surface area contributed by atoms with Gasteiger partial charge in [-0.15, -0.1) is 0 Å². The highest BCUT2D eigenvalue weighted by Gasteiger charge is 2.22. The highest BCUT2D eigenvalue weighted by molar-refractivity contribution is 5.84. The van der Waals surface area contributed by atoms with Crippen LogP contribution in [0, 0.1) is 5.92 Å². The summed E-state index contributed by atoms with van der Waals surface area (Å²) < 4.78 is 0. The quantitative estimate of drug-likeness (QED) is 0.459. The first kappa shape index (κ1) is 17.5. The van der Waals surface area contributed by atoms with Crippen LogP contribution in [0.3, 0.4) is 0 Å². The van der Waals surface area contributed by atoms with Crippen molar-refractivity contribution in [3.05, 3.63) is 47.5 Å². The lowest BCUT2D eigenvalue weighted by molar-refractivity contribution is 0.303. The molecular weight excluding hydrogens is 288 g/mol. The topological polar surface area (TPSA) is 0 Å². The lowest BCUT2D eigenvalue weighted by Gasteiger charge is -2.29. The van der Waals surface area contributed by atoms with Crippen LogP contribution in [0.5, 0.6) is 0 Å². The molecule has 0 N–H and O–H groups in total. The van der Waals surface area contributed by atoms with Crippen LogP contribution in [0.25, 0.3) is 10.8 Å².